The third-order valence-electron chi connectivity index (χ3n) is 2.67. The molecule has 0 amide bonds. The molecule has 2 rings (SSSR count). The number of carboxylic acid groups (broad SMARTS) is 1. The molecule has 4 nitrogen and oxygen atoms in total. The molecule has 2 N–H and O–H groups in total. The highest BCUT2D eigenvalue weighted by Crippen LogP contribution is 2.21. The van der Waals surface area contributed by atoms with Crippen LogP contribution in [-0.4, -0.2) is 22.1 Å². The number of nitrogens with one attached hydrogen (secondary N) is 1. The lowest BCUT2D eigenvalue weighted by Crippen LogP contribution is -2.28. The molecule has 0 aliphatic rings. The second kappa shape index (κ2) is 4.82. The van der Waals surface area contributed by atoms with Crippen LogP contribution in [0.3, 0.4) is 0 Å². The van der Waals surface area contributed by atoms with Crippen molar-refractivity contribution in [3.63, 3.8) is 0 Å². The number of hydrogen-bond acceptors (Lipinski definition) is 3. The Labute approximate surface area is 99.3 Å². The van der Waals surface area contributed by atoms with Crippen molar-refractivity contribution in [2.75, 3.05) is 5.32 Å². The van der Waals surface area contributed by atoms with E-state index in [0.29, 0.717) is 6.42 Å². The maximum Gasteiger partial charge on any atom is 0.326 e. The predicted molar refractivity (Wildman–Crippen MR) is 67.1 cm³/mol. The molecule has 1 atom stereocenters. The fraction of sp³-hybridized carbons (Fsp3) is 0.231. The quantitative estimate of drug-likeness (QED) is 0.847. The summed E-state index contributed by atoms with van der Waals surface area (Å²) in [5.41, 5.74) is 1.56. The zero-order valence-electron chi connectivity index (χ0n) is 9.55. The van der Waals surface area contributed by atoms with Crippen molar-refractivity contribution in [3.05, 3.63) is 36.5 Å². The number of para-hydroxylation sites is 1. The lowest BCUT2D eigenvalue weighted by molar-refractivity contribution is -0.137. The fourth-order valence-corrected chi connectivity index (χ4v) is 1.75. The van der Waals surface area contributed by atoms with E-state index in [1.165, 1.54) is 0 Å². The van der Waals surface area contributed by atoms with Crippen LogP contribution in [0.2, 0.25) is 0 Å². The summed E-state index contributed by atoms with van der Waals surface area (Å²) in [6.07, 6.45) is 2.23. The van der Waals surface area contributed by atoms with Gasteiger partial charge in [0.25, 0.3) is 0 Å². The van der Waals surface area contributed by atoms with Gasteiger partial charge in [-0.1, -0.05) is 25.1 Å². The van der Waals surface area contributed by atoms with Crippen LogP contribution in [0.25, 0.3) is 10.9 Å². The van der Waals surface area contributed by atoms with E-state index in [0.717, 1.165) is 16.6 Å². The van der Waals surface area contributed by atoms with E-state index in [-0.39, 0.29) is 0 Å². The molecular weight excluding hydrogens is 216 g/mol. The number of pyridine rings is 1. The molecule has 0 radical (unpaired) electrons. The number of rotatable bonds is 4. The van der Waals surface area contributed by atoms with Gasteiger partial charge < -0.3 is 10.4 Å². The van der Waals surface area contributed by atoms with Gasteiger partial charge >= 0.3 is 5.97 Å². The topological polar surface area (TPSA) is 62.2 Å². The highest BCUT2D eigenvalue weighted by Gasteiger charge is 2.15. The zero-order valence-corrected chi connectivity index (χ0v) is 9.55. The number of fused-ring (bicyclic) bond motifs is 1. The van der Waals surface area contributed by atoms with Gasteiger partial charge in [0, 0.05) is 11.6 Å². The van der Waals surface area contributed by atoms with Gasteiger partial charge in [-0.2, -0.15) is 0 Å². The first kappa shape index (κ1) is 11.4. The Morgan fingerprint density at radius 1 is 1.41 bits per heavy atom. The van der Waals surface area contributed by atoms with Crippen LogP contribution in [0, 0.1) is 0 Å². The van der Waals surface area contributed by atoms with Crippen LogP contribution in [0.1, 0.15) is 13.3 Å². The molecule has 4 heteroatoms. The Balaban J connectivity index is 2.38. The van der Waals surface area contributed by atoms with Crippen LogP contribution in [0.15, 0.2) is 36.5 Å². The van der Waals surface area contributed by atoms with Crippen molar-refractivity contribution in [2.45, 2.75) is 19.4 Å². The average molecular weight is 230 g/mol. The summed E-state index contributed by atoms with van der Waals surface area (Å²) in [5.74, 6) is -0.847. The summed E-state index contributed by atoms with van der Waals surface area (Å²) >= 11 is 0. The van der Waals surface area contributed by atoms with Crippen LogP contribution < -0.4 is 5.32 Å². The van der Waals surface area contributed by atoms with Crippen molar-refractivity contribution in [1.82, 2.24) is 4.98 Å². The molecule has 0 saturated carbocycles. The third kappa shape index (κ3) is 2.36. The molecule has 17 heavy (non-hydrogen) atoms. The Morgan fingerprint density at radius 3 is 2.88 bits per heavy atom. The number of aromatic nitrogens is 1. The van der Waals surface area contributed by atoms with E-state index in [1.807, 2.05) is 37.3 Å². The Kier molecular flexibility index (Phi) is 3.23. The van der Waals surface area contributed by atoms with E-state index >= 15 is 0 Å². The zero-order chi connectivity index (χ0) is 12.3. The molecule has 0 fully saturated rings. The number of carboxylic acids is 1. The summed E-state index contributed by atoms with van der Waals surface area (Å²) in [6, 6.07) is 8.93. The van der Waals surface area contributed by atoms with E-state index in [9.17, 15) is 4.79 Å². The SMILES string of the molecule is CCC(Nc1cccc2cccnc12)C(=O)O. The summed E-state index contributed by atoms with van der Waals surface area (Å²) in [4.78, 5) is 15.3. The predicted octanol–water partition coefficient (Wildman–Crippen LogP) is 2.51. The smallest absolute Gasteiger partial charge is 0.326 e. The monoisotopic (exact) mass is 230 g/mol. The first-order chi connectivity index (χ1) is 8.22. The second-order valence-electron chi connectivity index (χ2n) is 3.82. The summed E-state index contributed by atoms with van der Waals surface area (Å²) < 4.78 is 0. The molecule has 0 aliphatic carbocycles. The summed E-state index contributed by atoms with van der Waals surface area (Å²) in [6.45, 7) is 1.84. The number of aliphatic carboxylic acids is 1. The number of carbonyl (C=O) groups is 1. The summed E-state index contributed by atoms with van der Waals surface area (Å²) in [7, 11) is 0. The third-order valence-corrected chi connectivity index (χ3v) is 2.67. The van der Waals surface area contributed by atoms with Gasteiger partial charge in [-0.05, 0) is 18.6 Å². The van der Waals surface area contributed by atoms with Crippen molar-refractivity contribution in [1.29, 1.82) is 0 Å². The van der Waals surface area contributed by atoms with Crippen molar-refractivity contribution < 1.29 is 9.90 Å². The maximum atomic E-state index is 11.0. The molecular formula is C13H14N2O2. The first-order valence-electron chi connectivity index (χ1n) is 5.55. The lowest BCUT2D eigenvalue weighted by atomic mass is 10.1. The van der Waals surface area contributed by atoms with Gasteiger partial charge in [0.05, 0.1) is 11.2 Å². The van der Waals surface area contributed by atoms with Gasteiger partial charge in [0.15, 0.2) is 0 Å². The Morgan fingerprint density at radius 2 is 2.18 bits per heavy atom. The minimum atomic E-state index is -0.847. The number of anilines is 1. The van der Waals surface area contributed by atoms with Crippen molar-refractivity contribution in [2.24, 2.45) is 0 Å². The molecule has 0 bridgehead atoms. The van der Waals surface area contributed by atoms with Gasteiger partial charge in [-0.25, -0.2) is 4.79 Å². The van der Waals surface area contributed by atoms with E-state index < -0.39 is 12.0 Å². The fourth-order valence-electron chi connectivity index (χ4n) is 1.75. The van der Waals surface area contributed by atoms with Gasteiger partial charge in [-0.3, -0.25) is 4.98 Å². The standard InChI is InChI=1S/C13H14N2O2/c1-2-10(13(16)17)15-11-7-3-5-9-6-4-8-14-12(9)11/h3-8,10,15H,2H2,1H3,(H,16,17). The van der Waals surface area contributed by atoms with Crippen LogP contribution >= 0.6 is 0 Å². The molecule has 1 heterocycles. The highest BCUT2D eigenvalue weighted by atomic mass is 16.4. The highest BCUT2D eigenvalue weighted by molar-refractivity contribution is 5.91. The van der Waals surface area contributed by atoms with Crippen molar-refractivity contribution in [3.8, 4) is 0 Å². The lowest BCUT2D eigenvalue weighted by Gasteiger charge is -2.14. The van der Waals surface area contributed by atoms with E-state index in [1.54, 1.807) is 6.20 Å². The van der Waals surface area contributed by atoms with Crippen LogP contribution in [0.4, 0.5) is 5.69 Å². The van der Waals surface area contributed by atoms with Gasteiger partial charge in [-0.15, -0.1) is 0 Å². The Hall–Kier alpha value is -2.10. The van der Waals surface area contributed by atoms with E-state index in [2.05, 4.69) is 10.3 Å². The first-order valence-corrected chi connectivity index (χ1v) is 5.55. The Bertz CT molecular complexity index is 534. The number of benzene rings is 1. The van der Waals surface area contributed by atoms with E-state index in [4.69, 9.17) is 5.11 Å². The minimum absolute atomic E-state index is 0.526. The molecule has 1 unspecified atom stereocenters. The maximum absolute atomic E-state index is 11.0. The largest absolute Gasteiger partial charge is 0.480 e. The molecule has 0 spiro atoms. The molecule has 88 valence electrons. The second-order valence-corrected chi connectivity index (χ2v) is 3.82. The average Bonchev–Trinajstić information content (AvgIpc) is 2.35. The van der Waals surface area contributed by atoms with Gasteiger partial charge in [0.1, 0.15) is 6.04 Å². The molecule has 1 aromatic heterocycles. The summed E-state index contributed by atoms with van der Waals surface area (Å²) in [5, 5.41) is 13.0. The van der Waals surface area contributed by atoms with Crippen LogP contribution in [0.5, 0.6) is 0 Å². The molecule has 0 saturated heterocycles. The normalized spacial score (nSPS) is 12.3. The van der Waals surface area contributed by atoms with Crippen LogP contribution in [-0.2, 0) is 4.79 Å². The van der Waals surface area contributed by atoms with Gasteiger partial charge in [0.2, 0.25) is 0 Å². The van der Waals surface area contributed by atoms with Crippen molar-refractivity contribution >= 4 is 22.6 Å². The number of hydrogen-bond donors (Lipinski definition) is 2. The number of nitrogens with zero attached hydrogens (tertiary/aromatic N) is 1. The molecule has 0 aliphatic heterocycles. The minimum Gasteiger partial charge on any atom is -0.480 e. The molecule has 1 aromatic carbocycles. The molecule has 2 aromatic rings.